The second-order valence-electron chi connectivity index (χ2n) is 7.09. The molecule has 2 amide bonds. The molecule has 8 heteroatoms. The number of halogens is 1. The van der Waals surface area contributed by atoms with Crippen LogP contribution in [0.25, 0.3) is 0 Å². The minimum atomic E-state index is -0.497. The van der Waals surface area contributed by atoms with Crippen LogP contribution in [0.5, 0.6) is 5.75 Å². The van der Waals surface area contributed by atoms with Gasteiger partial charge in [-0.15, -0.1) is 0 Å². The molecule has 0 unspecified atom stereocenters. The molecule has 0 aromatic heterocycles. The summed E-state index contributed by atoms with van der Waals surface area (Å²) < 4.78 is 23.9. The fourth-order valence-corrected chi connectivity index (χ4v) is 3.49. The van der Waals surface area contributed by atoms with Gasteiger partial charge in [0.1, 0.15) is 30.7 Å². The lowest BCUT2D eigenvalue weighted by molar-refractivity contribution is -0.937. The van der Waals surface area contributed by atoms with Crippen LogP contribution in [0.15, 0.2) is 48.5 Å². The molecule has 1 heterocycles. The quantitative estimate of drug-likeness (QED) is 0.580. The maximum Gasteiger partial charge on any atom is 0.251 e. The predicted molar refractivity (Wildman–Crippen MR) is 109 cm³/mol. The molecule has 2 aromatic carbocycles. The van der Waals surface area contributed by atoms with Gasteiger partial charge in [0, 0.05) is 11.1 Å². The first kappa shape index (κ1) is 21.7. The number of benzene rings is 2. The van der Waals surface area contributed by atoms with Crippen LogP contribution in [-0.4, -0.2) is 58.3 Å². The minimum absolute atomic E-state index is 0.0580. The van der Waals surface area contributed by atoms with Crippen molar-refractivity contribution in [2.45, 2.75) is 6.04 Å². The van der Waals surface area contributed by atoms with Gasteiger partial charge in [-0.05, 0) is 42.5 Å². The van der Waals surface area contributed by atoms with E-state index in [1.54, 1.807) is 7.11 Å². The van der Waals surface area contributed by atoms with E-state index < -0.39 is 11.7 Å². The number of nitrogens with one attached hydrogen (secondary N) is 3. The van der Waals surface area contributed by atoms with E-state index in [0.29, 0.717) is 19.8 Å². The maximum absolute atomic E-state index is 13.2. The molecule has 0 bridgehead atoms. The molecule has 30 heavy (non-hydrogen) atoms. The Morgan fingerprint density at radius 1 is 1.13 bits per heavy atom. The van der Waals surface area contributed by atoms with E-state index in [1.807, 2.05) is 24.3 Å². The average molecular weight is 416 g/mol. The fraction of sp³-hybridized carbons (Fsp3) is 0.364. The summed E-state index contributed by atoms with van der Waals surface area (Å²) >= 11 is 0. The van der Waals surface area contributed by atoms with Crippen LogP contribution in [-0.2, 0) is 9.53 Å². The van der Waals surface area contributed by atoms with Crippen molar-refractivity contribution in [3.05, 3.63) is 65.5 Å². The SMILES string of the molecule is COc1ccc([C@@H](CNC(=O)CNC(=O)c2cccc(F)c2)[NH+]2CCOCC2)cc1. The van der Waals surface area contributed by atoms with E-state index in [4.69, 9.17) is 9.47 Å². The number of hydrogen-bond acceptors (Lipinski definition) is 4. The number of carbonyl (C=O) groups is 2. The van der Waals surface area contributed by atoms with Gasteiger partial charge in [-0.1, -0.05) is 6.07 Å². The van der Waals surface area contributed by atoms with Crippen molar-refractivity contribution in [1.29, 1.82) is 0 Å². The van der Waals surface area contributed by atoms with Crippen molar-refractivity contribution in [1.82, 2.24) is 10.6 Å². The summed E-state index contributed by atoms with van der Waals surface area (Å²) in [5.41, 5.74) is 1.27. The predicted octanol–water partition coefficient (Wildman–Crippen LogP) is 0.337. The van der Waals surface area contributed by atoms with Gasteiger partial charge < -0.3 is 25.0 Å². The summed E-state index contributed by atoms with van der Waals surface area (Å²) in [5.74, 6) is -0.512. The Bertz CT molecular complexity index is 854. The first-order valence-electron chi connectivity index (χ1n) is 9.93. The van der Waals surface area contributed by atoms with Crippen molar-refractivity contribution >= 4 is 11.8 Å². The van der Waals surface area contributed by atoms with Crippen molar-refractivity contribution < 1.29 is 28.4 Å². The molecule has 3 rings (SSSR count). The molecule has 0 spiro atoms. The van der Waals surface area contributed by atoms with E-state index in [2.05, 4.69) is 10.6 Å². The average Bonchev–Trinajstić information content (AvgIpc) is 2.78. The standard InChI is InChI=1S/C22H26FN3O4/c1-29-19-7-5-16(6-8-19)20(26-9-11-30-12-10-26)14-24-21(27)15-25-22(28)17-3-2-4-18(23)13-17/h2-8,13,20H,9-12,14-15H2,1H3,(H,24,27)(H,25,28)/p+1/t20-/m1/s1. The molecule has 0 saturated carbocycles. The zero-order chi connectivity index (χ0) is 21.3. The molecular formula is C22H27FN3O4+. The normalized spacial score (nSPS) is 15.3. The Morgan fingerprint density at radius 2 is 1.87 bits per heavy atom. The van der Waals surface area contributed by atoms with Gasteiger partial charge in [0.25, 0.3) is 5.91 Å². The number of carbonyl (C=O) groups excluding carboxylic acids is 2. The zero-order valence-corrected chi connectivity index (χ0v) is 16.9. The van der Waals surface area contributed by atoms with Gasteiger partial charge >= 0.3 is 0 Å². The molecule has 1 atom stereocenters. The third kappa shape index (κ3) is 6.01. The van der Waals surface area contributed by atoms with Crippen LogP contribution in [0.2, 0.25) is 0 Å². The lowest BCUT2D eigenvalue weighted by Gasteiger charge is -2.32. The van der Waals surface area contributed by atoms with Crippen LogP contribution in [0.1, 0.15) is 22.0 Å². The van der Waals surface area contributed by atoms with Crippen LogP contribution >= 0.6 is 0 Å². The summed E-state index contributed by atoms with van der Waals surface area (Å²) in [4.78, 5) is 25.7. The highest BCUT2D eigenvalue weighted by Crippen LogP contribution is 2.16. The Labute approximate surface area is 175 Å². The number of methoxy groups -OCH3 is 1. The van der Waals surface area contributed by atoms with Gasteiger partial charge in [0.05, 0.1) is 33.4 Å². The summed E-state index contributed by atoms with van der Waals surface area (Å²) in [5, 5.41) is 5.43. The fourth-order valence-electron chi connectivity index (χ4n) is 3.49. The first-order chi connectivity index (χ1) is 14.6. The van der Waals surface area contributed by atoms with Gasteiger partial charge in [-0.3, -0.25) is 9.59 Å². The van der Waals surface area contributed by atoms with Crippen LogP contribution in [0, 0.1) is 5.82 Å². The van der Waals surface area contributed by atoms with Gasteiger partial charge in [-0.25, -0.2) is 4.39 Å². The summed E-state index contributed by atoms with van der Waals surface area (Å²) in [6.45, 7) is 3.31. The van der Waals surface area contributed by atoms with Crippen LogP contribution in [0.3, 0.4) is 0 Å². The Hall–Kier alpha value is -2.97. The van der Waals surface area contributed by atoms with Crippen LogP contribution in [0.4, 0.5) is 4.39 Å². The molecule has 1 aliphatic rings. The second-order valence-corrected chi connectivity index (χ2v) is 7.09. The topological polar surface area (TPSA) is 81.1 Å². The zero-order valence-electron chi connectivity index (χ0n) is 16.9. The minimum Gasteiger partial charge on any atom is -0.497 e. The van der Waals surface area contributed by atoms with Crippen LogP contribution < -0.4 is 20.3 Å². The van der Waals surface area contributed by atoms with Crippen molar-refractivity contribution in [3.8, 4) is 5.75 Å². The van der Waals surface area contributed by atoms with E-state index in [1.165, 1.54) is 23.1 Å². The number of amides is 2. The molecular weight excluding hydrogens is 389 g/mol. The molecule has 1 aliphatic heterocycles. The molecule has 0 radical (unpaired) electrons. The number of quaternary nitrogens is 1. The molecule has 2 aromatic rings. The van der Waals surface area contributed by atoms with E-state index in [9.17, 15) is 14.0 Å². The molecule has 0 aliphatic carbocycles. The smallest absolute Gasteiger partial charge is 0.251 e. The first-order valence-corrected chi connectivity index (χ1v) is 9.93. The van der Waals surface area contributed by atoms with E-state index in [0.717, 1.165) is 30.5 Å². The highest BCUT2D eigenvalue weighted by atomic mass is 19.1. The van der Waals surface area contributed by atoms with E-state index in [-0.39, 0.29) is 24.1 Å². The molecule has 1 fully saturated rings. The number of hydrogen-bond donors (Lipinski definition) is 3. The molecule has 160 valence electrons. The highest BCUT2D eigenvalue weighted by molar-refractivity contribution is 5.96. The van der Waals surface area contributed by atoms with Crippen molar-refractivity contribution in [2.24, 2.45) is 0 Å². The monoisotopic (exact) mass is 416 g/mol. The Morgan fingerprint density at radius 3 is 2.53 bits per heavy atom. The van der Waals surface area contributed by atoms with Gasteiger partial charge in [0.2, 0.25) is 5.91 Å². The maximum atomic E-state index is 13.2. The summed E-state index contributed by atoms with van der Waals surface area (Å²) in [6.07, 6.45) is 0. The third-order valence-electron chi connectivity index (χ3n) is 5.15. The largest absolute Gasteiger partial charge is 0.497 e. The van der Waals surface area contributed by atoms with Gasteiger partial charge in [-0.2, -0.15) is 0 Å². The molecule has 3 N–H and O–H groups in total. The second kappa shape index (κ2) is 10.7. The van der Waals surface area contributed by atoms with Crippen molar-refractivity contribution in [3.63, 3.8) is 0 Å². The Balaban J connectivity index is 1.57. The third-order valence-corrected chi connectivity index (χ3v) is 5.15. The number of rotatable bonds is 8. The Kier molecular flexibility index (Phi) is 7.75. The lowest BCUT2D eigenvalue weighted by atomic mass is 10.0. The molecule has 7 nitrogen and oxygen atoms in total. The lowest BCUT2D eigenvalue weighted by Crippen LogP contribution is -3.15. The highest BCUT2D eigenvalue weighted by Gasteiger charge is 2.27. The van der Waals surface area contributed by atoms with Gasteiger partial charge in [0.15, 0.2) is 0 Å². The van der Waals surface area contributed by atoms with Crippen molar-refractivity contribution in [2.75, 3.05) is 46.5 Å². The number of ether oxygens (including phenoxy) is 2. The summed E-state index contributed by atoms with van der Waals surface area (Å²) in [7, 11) is 1.62. The molecule has 1 saturated heterocycles. The number of morpholine rings is 1. The van der Waals surface area contributed by atoms with E-state index >= 15 is 0 Å². The summed E-state index contributed by atoms with van der Waals surface area (Å²) in [6, 6.07) is 13.2.